The van der Waals surface area contributed by atoms with Crippen LogP contribution in [0.25, 0.3) is 0 Å². The highest BCUT2D eigenvalue weighted by atomic mass is 16.5. The maximum Gasteiger partial charge on any atom is 0.316 e. The quantitative estimate of drug-likeness (QED) is 0.856. The average Bonchev–Trinajstić information content (AvgIpc) is 2.18. The smallest absolute Gasteiger partial charge is 0.316 e. The minimum absolute atomic E-state index is 0.220. The van der Waals surface area contributed by atoms with E-state index in [1.165, 1.54) is 6.42 Å². The van der Waals surface area contributed by atoms with Gasteiger partial charge < -0.3 is 10.5 Å². The molecule has 4 nitrogen and oxygen atoms in total. The zero-order valence-corrected chi connectivity index (χ0v) is 10.8. The van der Waals surface area contributed by atoms with E-state index in [9.17, 15) is 0 Å². The van der Waals surface area contributed by atoms with Crippen LogP contribution < -0.4 is 10.5 Å². The topological polar surface area (TPSA) is 61.0 Å². The molecule has 0 radical (unpaired) electrons. The van der Waals surface area contributed by atoms with E-state index in [4.69, 9.17) is 10.5 Å². The third kappa shape index (κ3) is 3.32. The van der Waals surface area contributed by atoms with E-state index in [1.54, 1.807) is 12.4 Å². The zero-order chi connectivity index (χ0) is 12.5. The molecule has 0 spiro atoms. The molecular weight excluding hydrogens is 214 g/mol. The summed E-state index contributed by atoms with van der Waals surface area (Å²) < 4.78 is 5.84. The molecule has 0 bridgehead atoms. The molecule has 1 heterocycles. The summed E-state index contributed by atoms with van der Waals surface area (Å²) in [4.78, 5) is 8.17. The number of hydrogen-bond acceptors (Lipinski definition) is 4. The Morgan fingerprint density at radius 3 is 2.53 bits per heavy atom. The van der Waals surface area contributed by atoms with Gasteiger partial charge in [0.1, 0.15) is 6.10 Å². The highest BCUT2D eigenvalue weighted by Crippen LogP contribution is 2.39. The predicted octanol–water partition coefficient (Wildman–Crippen LogP) is 2.65. The first-order valence-corrected chi connectivity index (χ1v) is 6.19. The van der Waals surface area contributed by atoms with Gasteiger partial charge in [-0.05, 0) is 30.6 Å². The maximum absolute atomic E-state index is 5.84. The van der Waals surface area contributed by atoms with Gasteiger partial charge in [0.25, 0.3) is 0 Å². The third-order valence-corrected chi connectivity index (χ3v) is 3.27. The van der Waals surface area contributed by atoms with Gasteiger partial charge in [-0.2, -0.15) is 0 Å². The van der Waals surface area contributed by atoms with Crippen LogP contribution in [0.4, 0.5) is 5.69 Å². The van der Waals surface area contributed by atoms with Gasteiger partial charge >= 0.3 is 6.01 Å². The number of nitrogens with zero attached hydrogens (tertiary/aromatic N) is 2. The van der Waals surface area contributed by atoms with E-state index in [2.05, 4.69) is 30.7 Å². The molecule has 4 heteroatoms. The van der Waals surface area contributed by atoms with Crippen molar-refractivity contribution < 1.29 is 4.74 Å². The summed E-state index contributed by atoms with van der Waals surface area (Å²) in [5, 5.41) is 0. The fraction of sp³-hybridized carbons (Fsp3) is 0.692. The number of aromatic nitrogens is 2. The van der Waals surface area contributed by atoms with Crippen molar-refractivity contribution >= 4 is 5.69 Å². The Morgan fingerprint density at radius 1 is 1.29 bits per heavy atom. The Balaban J connectivity index is 2.01. The van der Waals surface area contributed by atoms with E-state index in [0.29, 0.717) is 23.0 Å². The Kier molecular flexibility index (Phi) is 3.22. The lowest BCUT2D eigenvalue weighted by Gasteiger charge is -2.38. The van der Waals surface area contributed by atoms with Gasteiger partial charge in [0.15, 0.2) is 0 Å². The highest BCUT2D eigenvalue weighted by molar-refractivity contribution is 5.30. The first kappa shape index (κ1) is 12.1. The summed E-state index contributed by atoms with van der Waals surface area (Å²) in [6.07, 6.45) is 6.79. The summed E-state index contributed by atoms with van der Waals surface area (Å²) in [5.41, 5.74) is 6.45. The molecule has 1 aliphatic rings. The number of nitrogen functional groups attached to an aromatic ring is 1. The normalized spacial score (nSPS) is 27.7. The Bertz CT molecular complexity index is 375. The van der Waals surface area contributed by atoms with Crippen LogP contribution in [-0.4, -0.2) is 16.1 Å². The highest BCUT2D eigenvalue weighted by Gasteiger charge is 2.33. The first-order chi connectivity index (χ1) is 7.94. The van der Waals surface area contributed by atoms with Gasteiger partial charge in [-0.1, -0.05) is 20.8 Å². The van der Waals surface area contributed by atoms with Crippen molar-refractivity contribution in [3.8, 4) is 6.01 Å². The second-order valence-electron chi connectivity index (χ2n) is 5.95. The molecule has 1 saturated carbocycles. The molecule has 17 heavy (non-hydrogen) atoms. The van der Waals surface area contributed by atoms with Crippen molar-refractivity contribution in [3.63, 3.8) is 0 Å². The van der Waals surface area contributed by atoms with E-state index in [0.717, 1.165) is 12.8 Å². The molecule has 1 aromatic rings. The van der Waals surface area contributed by atoms with Gasteiger partial charge in [0.05, 0.1) is 18.1 Å². The van der Waals surface area contributed by atoms with Crippen LogP contribution in [0.15, 0.2) is 12.4 Å². The van der Waals surface area contributed by atoms with Gasteiger partial charge in [-0.25, -0.2) is 9.97 Å². The Hall–Kier alpha value is -1.32. The van der Waals surface area contributed by atoms with Crippen molar-refractivity contribution in [2.45, 2.75) is 46.1 Å². The predicted molar refractivity (Wildman–Crippen MR) is 67.7 cm³/mol. The van der Waals surface area contributed by atoms with E-state index < -0.39 is 0 Å². The van der Waals surface area contributed by atoms with Gasteiger partial charge in [-0.3, -0.25) is 0 Å². The average molecular weight is 235 g/mol. The Morgan fingerprint density at radius 2 is 1.94 bits per heavy atom. The van der Waals surface area contributed by atoms with Crippen LogP contribution in [0.3, 0.4) is 0 Å². The second-order valence-corrected chi connectivity index (χ2v) is 5.95. The van der Waals surface area contributed by atoms with Crippen LogP contribution in [0.5, 0.6) is 6.01 Å². The lowest BCUT2D eigenvalue weighted by molar-refractivity contribution is 0.0499. The molecule has 1 aliphatic carbocycles. The number of rotatable bonds is 2. The zero-order valence-electron chi connectivity index (χ0n) is 10.8. The maximum atomic E-state index is 5.84. The van der Waals surface area contributed by atoms with Gasteiger partial charge in [-0.15, -0.1) is 0 Å². The van der Waals surface area contributed by atoms with Crippen molar-refractivity contribution in [1.29, 1.82) is 0 Å². The fourth-order valence-electron chi connectivity index (χ4n) is 2.88. The number of ether oxygens (including phenoxy) is 1. The molecule has 1 aromatic heterocycles. The lowest BCUT2D eigenvalue weighted by Crippen LogP contribution is -2.34. The molecule has 2 atom stereocenters. The summed E-state index contributed by atoms with van der Waals surface area (Å²) in [5.74, 6) is 0.692. The molecule has 0 saturated heterocycles. The largest absolute Gasteiger partial charge is 0.460 e. The van der Waals surface area contributed by atoms with E-state index in [1.807, 2.05) is 0 Å². The molecule has 94 valence electrons. The molecule has 2 unspecified atom stereocenters. The second kappa shape index (κ2) is 4.51. The van der Waals surface area contributed by atoms with Crippen molar-refractivity contribution in [2.75, 3.05) is 5.73 Å². The molecule has 0 amide bonds. The summed E-state index contributed by atoms with van der Waals surface area (Å²) >= 11 is 0. The van der Waals surface area contributed by atoms with Crippen molar-refractivity contribution in [2.24, 2.45) is 11.3 Å². The summed E-state index contributed by atoms with van der Waals surface area (Å²) in [6, 6.07) is 0.439. The van der Waals surface area contributed by atoms with Crippen LogP contribution in [0, 0.1) is 11.3 Å². The minimum Gasteiger partial charge on any atom is -0.460 e. The number of nitrogens with two attached hydrogens (primary N) is 1. The molecular formula is C13H21N3O. The molecule has 1 fully saturated rings. The molecule has 2 rings (SSSR count). The van der Waals surface area contributed by atoms with Crippen molar-refractivity contribution in [3.05, 3.63) is 12.4 Å². The Labute approximate surface area is 103 Å². The van der Waals surface area contributed by atoms with E-state index >= 15 is 0 Å². The first-order valence-electron chi connectivity index (χ1n) is 6.19. The fourth-order valence-corrected chi connectivity index (χ4v) is 2.88. The molecule has 2 N–H and O–H groups in total. The summed E-state index contributed by atoms with van der Waals surface area (Å²) in [6.45, 7) is 6.87. The van der Waals surface area contributed by atoms with Crippen LogP contribution in [-0.2, 0) is 0 Å². The minimum atomic E-state index is 0.220. The molecule has 0 aromatic carbocycles. The SMILES string of the molecule is CC1CC(Oc2ncc(N)cn2)CC(C)(C)C1. The number of hydrogen-bond donors (Lipinski definition) is 1. The van der Waals surface area contributed by atoms with Crippen LogP contribution in [0.1, 0.15) is 40.0 Å². The molecule has 0 aliphatic heterocycles. The monoisotopic (exact) mass is 235 g/mol. The lowest BCUT2D eigenvalue weighted by atomic mass is 9.71. The van der Waals surface area contributed by atoms with Crippen molar-refractivity contribution in [1.82, 2.24) is 9.97 Å². The van der Waals surface area contributed by atoms with E-state index in [-0.39, 0.29) is 6.10 Å². The third-order valence-electron chi connectivity index (χ3n) is 3.27. The van der Waals surface area contributed by atoms with Crippen LogP contribution >= 0.6 is 0 Å². The van der Waals surface area contributed by atoms with Crippen LogP contribution in [0.2, 0.25) is 0 Å². The standard InChI is InChI=1S/C13H21N3O/c1-9-4-11(6-13(2,3)5-9)17-12-15-7-10(14)8-16-12/h7-9,11H,4-6,14H2,1-3H3. The van der Waals surface area contributed by atoms with Gasteiger partial charge in [0, 0.05) is 0 Å². The number of anilines is 1. The summed E-state index contributed by atoms with van der Waals surface area (Å²) in [7, 11) is 0. The van der Waals surface area contributed by atoms with Gasteiger partial charge in [0.2, 0.25) is 0 Å².